The SMILES string of the molecule is COc1ccc(SC2C(=O)C(O)=C2c2ccccc2)cc1. The summed E-state index contributed by atoms with van der Waals surface area (Å²) >= 11 is 1.44. The van der Waals surface area contributed by atoms with Crippen LogP contribution in [0.2, 0.25) is 0 Å². The fourth-order valence-electron chi connectivity index (χ4n) is 2.24. The number of hydrogen-bond donors (Lipinski definition) is 1. The van der Waals surface area contributed by atoms with Crippen molar-refractivity contribution >= 4 is 23.1 Å². The molecule has 2 aromatic carbocycles. The van der Waals surface area contributed by atoms with Gasteiger partial charge in [0.25, 0.3) is 0 Å². The van der Waals surface area contributed by atoms with E-state index in [0.717, 1.165) is 16.2 Å². The van der Waals surface area contributed by atoms with Gasteiger partial charge in [0.15, 0.2) is 5.76 Å². The molecule has 21 heavy (non-hydrogen) atoms. The second kappa shape index (κ2) is 5.66. The highest BCUT2D eigenvalue weighted by atomic mass is 32.2. The summed E-state index contributed by atoms with van der Waals surface area (Å²) in [7, 11) is 1.62. The summed E-state index contributed by atoms with van der Waals surface area (Å²) in [5.41, 5.74) is 1.60. The Bertz CT molecular complexity index is 690. The zero-order valence-corrected chi connectivity index (χ0v) is 12.3. The summed E-state index contributed by atoms with van der Waals surface area (Å²) in [5.74, 6) is 0.447. The number of hydrogen-bond acceptors (Lipinski definition) is 4. The van der Waals surface area contributed by atoms with Crippen LogP contribution in [-0.2, 0) is 4.79 Å². The van der Waals surface area contributed by atoms with Gasteiger partial charge in [-0.3, -0.25) is 4.79 Å². The average Bonchev–Trinajstić information content (AvgIpc) is 2.55. The van der Waals surface area contributed by atoms with Gasteiger partial charge in [0.05, 0.1) is 7.11 Å². The van der Waals surface area contributed by atoms with Crippen molar-refractivity contribution in [3.05, 3.63) is 65.9 Å². The monoisotopic (exact) mass is 298 g/mol. The van der Waals surface area contributed by atoms with Crippen molar-refractivity contribution in [1.82, 2.24) is 0 Å². The van der Waals surface area contributed by atoms with Gasteiger partial charge >= 0.3 is 0 Å². The second-order valence-corrected chi connectivity index (χ2v) is 5.84. The van der Waals surface area contributed by atoms with Crippen LogP contribution in [0, 0.1) is 0 Å². The van der Waals surface area contributed by atoms with E-state index in [2.05, 4.69) is 0 Å². The van der Waals surface area contributed by atoms with Gasteiger partial charge in [-0.05, 0) is 29.8 Å². The smallest absolute Gasteiger partial charge is 0.215 e. The quantitative estimate of drug-likeness (QED) is 0.934. The lowest BCUT2D eigenvalue weighted by Gasteiger charge is -2.28. The lowest BCUT2D eigenvalue weighted by Crippen LogP contribution is -2.32. The van der Waals surface area contributed by atoms with Gasteiger partial charge in [-0.15, -0.1) is 11.8 Å². The first kappa shape index (κ1) is 13.8. The number of ketones is 1. The van der Waals surface area contributed by atoms with Gasteiger partial charge in [0.2, 0.25) is 5.78 Å². The van der Waals surface area contributed by atoms with Crippen molar-refractivity contribution in [2.75, 3.05) is 7.11 Å². The number of carbonyl (C=O) groups excluding carboxylic acids is 1. The van der Waals surface area contributed by atoms with Crippen molar-refractivity contribution in [2.24, 2.45) is 0 Å². The molecule has 0 fully saturated rings. The van der Waals surface area contributed by atoms with Crippen LogP contribution in [0.5, 0.6) is 5.75 Å². The van der Waals surface area contributed by atoms with Crippen LogP contribution in [0.3, 0.4) is 0 Å². The summed E-state index contributed by atoms with van der Waals surface area (Å²) < 4.78 is 5.12. The van der Waals surface area contributed by atoms with Crippen molar-refractivity contribution in [2.45, 2.75) is 10.1 Å². The highest BCUT2D eigenvalue weighted by Gasteiger charge is 2.40. The highest BCUT2D eigenvalue weighted by Crippen LogP contribution is 2.43. The minimum atomic E-state index is -0.346. The summed E-state index contributed by atoms with van der Waals surface area (Å²) in [6, 6.07) is 17.0. The molecule has 1 atom stereocenters. The van der Waals surface area contributed by atoms with Crippen LogP contribution in [0.15, 0.2) is 65.3 Å². The number of rotatable bonds is 4. The maximum absolute atomic E-state index is 11.9. The Morgan fingerprint density at radius 1 is 1.05 bits per heavy atom. The minimum absolute atomic E-state index is 0.118. The molecule has 3 rings (SSSR count). The van der Waals surface area contributed by atoms with Gasteiger partial charge < -0.3 is 9.84 Å². The first-order valence-corrected chi connectivity index (χ1v) is 7.42. The number of aliphatic hydroxyl groups excluding tert-OH is 1. The van der Waals surface area contributed by atoms with E-state index < -0.39 is 0 Å². The van der Waals surface area contributed by atoms with Gasteiger partial charge in [-0.1, -0.05) is 30.3 Å². The average molecular weight is 298 g/mol. The standard InChI is InChI=1S/C17H14O3S/c1-20-12-7-9-13(10-8-12)21-17-14(15(18)16(17)19)11-5-3-2-4-6-11/h2-10,17-18H,1H3. The van der Waals surface area contributed by atoms with Crippen molar-refractivity contribution < 1.29 is 14.6 Å². The van der Waals surface area contributed by atoms with Crippen molar-refractivity contribution in [1.29, 1.82) is 0 Å². The maximum Gasteiger partial charge on any atom is 0.215 e. The number of methoxy groups -OCH3 is 1. The molecular formula is C17H14O3S. The largest absolute Gasteiger partial charge is 0.504 e. The molecule has 1 N–H and O–H groups in total. The molecule has 0 radical (unpaired) electrons. The zero-order valence-electron chi connectivity index (χ0n) is 11.4. The molecule has 0 heterocycles. The summed E-state index contributed by atoms with van der Waals surface area (Å²) in [6.45, 7) is 0. The Morgan fingerprint density at radius 2 is 1.71 bits per heavy atom. The van der Waals surface area contributed by atoms with Crippen LogP contribution in [-0.4, -0.2) is 23.2 Å². The van der Waals surface area contributed by atoms with Gasteiger partial charge in [0, 0.05) is 10.5 Å². The van der Waals surface area contributed by atoms with Gasteiger partial charge in [-0.2, -0.15) is 0 Å². The van der Waals surface area contributed by atoms with E-state index in [1.165, 1.54) is 11.8 Å². The predicted octanol–water partition coefficient (Wildman–Crippen LogP) is 3.71. The highest BCUT2D eigenvalue weighted by molar-refractivity contribution is 8.01. The number of carbonyl (C=O) groups is 1. The molecule has 0 bridgehead atoms. The molecule has 0 spiro atoms. The summed E-state index contributed by atoms with van der Waals surface area (Å²) in [6.07, 6.45) is 0. The van der Waals surface area contributed by atoms with Crippen LogP contribution in [0.1, 0.15) is 5.56 Å². The zero-order chi connectivity index (χ0) is 14.8. The molecule has 2 aromatic rings. The number of thioether (sulfide) groups is 1. The Labute approximate surface area is 127 Å². The molecule has 1 aliphatic carbocycles. The normalized spacial score (nSPS) is 17.6. The van der Waals surface area contributed by atoms with E-state index in [9.17, 15) is 9.90 Å². The van der Waals surface area contributed by atoms with E-state index >= 15 is 0 Å². The first-order valence-electron chi connectivity index (χ1n) is 6.54. The van der Waals surface area contributed by atoms with Crippen LogP contribution in [0.4, 0.5) is 0 Å². The fraction of sp³-hybridized carbons (Fsp3) is 0.118. The van der Waals surface area contributed by atoms with Crippen LogP contribution in [0.25, 0.3) is 5.57 Å². The third-order valence-corrected chi connectivity index (χ3v) is 4.62. The molecule has 106 valence electrons. The molecule has 1 aliphatic rings. The third-order valence-electron chi connectivity index (χ3n) is 3.39. The van der Waals surface area contributed by atoms with E-state index in [4.69, 9.17) is 4.74 Å². The Hall–Kier alpha value is -2.20. The first-order chi connectivity index (χ1) is 10.2. The minimum Gasteiger partial charge on any atom is -0.504 e. The summed E-state index contributed by atoms with van der Waals surface area (Å²) in [4.78, 5) is 12.9. The number of aliphatic hydroxyl groups is 1. The Balaban J connectivity index is 1.84. The molecule has 3 nitrogen and oxygen atoms in total. The van der Waals surface area contributed by atoms with Gasteiger partial charge in [-0.25, -0.2) is 0 Å². The Morgan fingerprint density at radius 3 is 2.33 bits per heavy atom. The van der Waals surface area contributed by atoms with Crippen LogP contribution < -0.4 is 4.74 Å². The molecule has 0 saturated carbocycles. The van der Waals surface area contributed by atoms with E-state index in [0.29, 0.717) is 5.57 Å². The molecule has 0 aliphatic heterocycles. The lowest BCUT2D eigenvalue weighted by atomic mass is 9.88. The van der Waals surface area contributed by atoms with E-state index in [1.54, 1.807) is 7.11 Å². The molecule has 0 aromatic heterocycles. The molecule has 1 unspecified atom stereocenters. The predicted molar refractivity (Wildman–Crippen MR) is 83.6 cm³/mol. The van der Waals surface area contributed by atoms with E-state index in [-0.39, 0.29) is 16.8 Å². The number of allylic oxidation sites excluding steroid dienone is 1. The van der Waals surface area contributed by atoms with E-state index in [1.807, 2.05) is 54.6 Å². The Kier molecular flexibility index (Phi) is 3.71. The lowest BCUT2D eigenvalue weighted by molar-refractivity contribution is -0.118. The van der Waals surface area contributed by atoms with Gasteiger partial charge in [0.1, 0.15) is 11.0 Å². The topological polar surface area (TPSA) is 46.5 Å². The number of Topliss-reactive ketones (excluding diaryl/α,β-unsaturated/α-hetero) is 1. The third kappa shape index (κ3) is 2.54. The molecule has 0 saturated heterocycles. The van der Waals surface area contributed by atoms with Crippen molar-refractivity contribution in [3.63, 3.8) is 0 Å². The number of benzene rings is 2. The molecule has 4 heteroatoms. The molecule has 0 amide bonds. The van der Waals surface area contributed by atoms with Crippen molar-refractivity contribution in [3.8, 4) is 5.75 Å². The number of ether oxygens (including phenoxy) is 1. The second-order valence-electron chi connectivity index (χ2n) is 4.67. The summed E-state index contributed by atoms with van der Waals surface area (Å²) in [5, 5.41) is 9.51. The fourth-order valence-corrected chi connectivity index (χ4v) is 3.39. The maximum atomic E-state index is 11.9. The molecular weight excluding hydrogens is 284 g/mol. The van der Waals surface area contributed by atoms with Crippen LogP contribution >= 0.6 is 11.8 Å².